The van der Waals surface area contributed by atoms with Crippen molar-refractivity contribution in [3.05, 3.63) is 33.8 Å². The van der Waals surface area contributed by atoms with E-state index in [1.165, 1.54) is 0 Å². The van der Waals surface area contributed by atoms with Crippen molar-refractivity contribution in [1.82, 2.24) is 0 Å². The molecule has 0 fully saturated rings. The third-order valence-electron chi connectivity index (χ3n) is 1.87. The molecule has 2 nitrogen and oxygen atoms in total. The summed E-state index contributed by atoms with van der Waals surface area (Å²) in [5, 5.41) is 9.03. The molecule has 0 spiro atoms. The van der Waals surface area contributed by atoms with Crippen molar-refractivity contribution < 1.29 is 9.90 Å². The number of carbonyl (C=O) groups is 1. The van der Waals surface area contributed by atoms with Crippen LogP contribution in [0.4, 0.5) is 0 Å². The molecule has 13 heavy (non-hydrogen) atoms. The molecule has 0 radical (unpaired) electrons. The van der Waals surface area contributed by atoms with E-state index in [0.717, 1.165) is 21.9 Å². The predicted octanol–water partition coefficient (Wildman–Crippen LogP) is 2.07. The first-order valence-electron chi connectivity index (χ1n) is 4.09. The Hall–Kier alpha value is -0.670. The van der Waals surface area contributed by atoms with Crippen molar-refractivity contribution in [2.75, 3.05) is 0 Å². The van der Waals surface area contributed by atoms with Gasteiger partial charge in [-0.1, -0.05) is 22.0 Å². The van der Waals surface area contributed by atoms with Gasteiger partial charge in [-0.25, -0.2) is 0 Å². The molecular weight excluding hydrogens is 232 g/mol. The summed E-state index contributed by atoms with van der Waals surface area (Å²) in [6.45, 7) is 0.0215. The zero-order valence-electron chi connectivity index (χ0n) is 7.16. The first kappa shape index (κ1) is 10.4. The minimum absolute atomic E-state index is 0.0215. The van der Waals surface area contributed by atoms with Gasteiger partial charge in [0.15, 0.2) is 0 Å². The first-order chi connectivity index (χ1) is 6.27. The summed E-state index contributed by atoms with van der Waals surface area (Å²) < 4.78 is 0.950. The second-order valence-electron chi connectivity index (χ2n) is 2.78. The molecule has 0 saturated heterocycles. The average Bonchev–Trinajstić information content (AvgIpc) is 2.16. The number of hydrogen-bond donors (Lipinski definition) is 1. The van der Waals surface area contributed by atoms with Crippen LogP contribution in [0.1, 0.15) is 17.5 Å². The van der Waals surface area contributed by atoms with Gasteiger partial charge < -0.3 is 9.90 Å². The van der Waals surface area contributed by atoms with Crippen LogP contribution in [0.3, 0.4) is 0 Å². The average molecular weight is 243 g/mol. The number of rotatable bonds is 4. The lowest BCUT2D eigenvalue weighted by molar-refractivity contribution is -0.107. The minimum atomic E-state index is 0.0215. The molecule has 0 aromatic heterocycles. The predicted molar refractivity (Wildman–Crippen MR) is 54.4 cm³/mol. The monoisotopic (exact) mass is 242 g/mol. The summed E-state index contributed by atoms with van der Waals surface area (Å²) in [6, 6.07) is 5.72. The Morgan fingerprint density at radius 1 is 1.38 bits per heavy atom. The van der Waals surface area contributed by atoms with Gasteiger partial charge in [0.05, 0.1) is 6.61 Å². The lowest BCUT2D eigenvalue weighted by atomic mass is 10.0. The molecule has 1 aromatic rings. The Morgan fingerprint density at radius 2 is 2.15 bits per heavy atom. The SMILES string of the molecule is O=CCCc1ccc(Br)cc1CO. The van der Waals surface area contributed by atoms with Crippen molar-refractivity contribution in [3.8, 4) is 0 Å². The third-order valence-corrected chi connectivity index (χ3v) is 2.36. The number of carbonyl (C=O) groups excluding carboxylic acids is 1. The molecule has 70 valence electrons. The number of aliphatic hydroxyl groups is 1. The number of aryl methyl sites for hydroxylation is 1. The highest BCUT2D eigenvalue weighted by molar-refractivity contribution is 9.10. The topological polar surface area (TPSA) is 37.3 Å². The van der Waals surface area contributed by atoms with Crippen molar-refractivity contribution >= 4 is 22.2 Å². The maximum absolute atomic E-state index is 10.2. The van der Waals surface area contributed by atoms with Gasteiger partial charge in [0.25, 0.3) is 0 Å². The summed E-state index contributed by atoms with van der Waals surface area (Å²) in [6.07, 6.45) is 2.10. The largest absolute Gasteiger partial charge is 0.392 e. The zero-order valence-corrected chi connectivity index (χ0v) is 8.75. The molecule has 0 heterocycles. The number of aliphatic hydroxyl groups excluding tert-OH is 1. The highest BCUT2D eigenvalue weighted by Crippen LogP contribution is 2.17. The van der Waals surface area contributed by atoms with Crippen LogP contribution in [0.25, 0.3) is 0 Å². The van der Waals surface area contributed by atoms with Crippen LogP contribution in [0, 0.1) is 0 Å². The molecule has 0 unspecified atom stereocenters. The van der Waals surface area contributed by atoms with Gasteiger partial charge in [-0.2, -0.15) is 0 Å². The summed E-state index contributed by atoms with van der Waals surface area (Å²) >= 11 is 3.32. The van der Waals surface area contributed by atoms with E-state index in [9.17, 15) is 4.79 Å². The second-order valence-corrected chi connectivity index (χ2v) is 3.69. The third kappa shape index (κ3) is 2.94. The van der Waals surface area contributed by atoms with Crippen LogP contribution >= 0.6 is 15.9 Å². The van der Waals surface area contributed by atoms with Crippen molar-refractivity contribution in [2.45, 2.75) is 19.4 Å². The van der Waals surface area contributed by atoms with Gasteiger partial charge in [0.1, 0.15) is 6.29 Å². The van der Waals surface area contributed by atoms with Gasteiger partial charge in [-0.05, 0) is 29.7 Å². The summed E-state index contributed by atoms with van der Waals surface area (Å²) in [5.41, 5.74) is 1.93. The van der Waals surface area contributed by atoms with Crippen LogP contribution in [0.2, 0.25) is 0 Å². The van der Waals surface area contributed by atoms with E-state index >= 15 is 0 Å². The number of halogens is 1. The van der Waals surface area contributed by atoms with Crippen LogP contribution in [0.15, 0.2) is 22.7 Å². The minimum Gasteiger partial charge on any atom is -0.392 e. The fraction of sp³-hybridized carbons (Fsp3) is 0.300. The summed E-state index contributed by atoms with van der Waals surface area (Å²) in [4.78, 5) is 10.2. The van der Waals surface area contributed by atoms with Gasteiger partial charge in [0.2, 0.25) is 0 Å². The van der Waals surface area contributed by atoms with Gasteiger partial charge >= 0.3 is 0 Å². The van der Waals surface area contributed by atoms with Crippen LogP contribution in [0.5, 0.6) is 0 Å². The normalized spacial score (nSPS) is 10.0. The van der Waals surface area contributed by atoms with Gasteiger partial charge in [-0.3, -0.25) is 0 Å². The smallest absolute Gasteiger partial charge is 0.120 e. The molecular formula is C10H11BrO2. The molecule has 1 N–H and O–H groups in total. The lowest BCUT2D eigenvalue weighted by Gasteiger charge is -2.05. The Kier molecular flexibility index (Phi) is 4.12. The van der Waals surface area contributed by atoms with E-state index in [-0.39, 0.29) is 6.61 Å². The summed E-state index contributed by atoms with van der Waals surface area (Å²) in [7, 11) is 0. The van der Waals surface area contributed by atoms with E-state index in [1.54, 1.807) is 0 Å². The Bertz CT molecular complexity index is 297. The van der Waals surface area contributed by atoms with E-state index in [2.05, 4.69) is 15.9 Å². The molecule has 0 amide bonds. The quantitative estimate of drug-likeness (QED) is 0.822. The number of benzene rings is 1. The maximum Gasteiger partial charge on any atom is 0.120 e. The molecule has 1 rings (SSSR count). The Labute approximate surface area is 85.7 Å². The molecule has 0 atom stereocenters. The van der Waals surface area contributed by atoms with Crippen LogP contribution in [-0.4, -0.2) is 11.4 Å². The Balaban J connectivity index is 2.85. The standard InChI is InChI=1S/C10H11BrO2/c11-10-4-3-8(2-1-5-12)9(6-10)7-13/h3-6,13H,1-2,7H2. The number of aldehydes is 1. The van der Waals surface area contributed by atoms with Crippen molar-refractivity contribution in [1.29, 1.82) is 0 Å². The van der Waals surface area contributed by atoms with E-state index < -0.39 is 0 Å². The molecule has 0 aliphatic heterocycles. The molecule has 3 heteroatoms. The zero-order chi connectivity index (χ0) is 9.68. The van der Waals surface area contributed by atoms with Crippen LogP contribution < -0.4 is 0 Å². The molecule has 0 bridgehead atoms. The fourth-order valence-electron chi connectivity index (χ4n) is 1.20. The second kappa shape index (κ2) is 5.14. The van der Waals surface area contributed by atoms with Gasteiger partial charge in [-0.15, -0.1) is 0 Å². The van der Waals surface area contributed by atoms with Crippen molar-refractivity contribution in [2.24, 2.45) is 0 Å². The maximum atomic E-state index is 10.2. The molecule has 1 aromatic carbocycles. The van der Waals surface area contributed by atoms with Crippen molar-refractivity contribution in [3.63, 3.8) is 0 Å². The molecule has 0 aliphatic rings. The van der Waals surface area contributed by atoms with E-state index in [4.69, 9.17) is 5.11 Å². The Morgan fingerprint density at radius 3 is 2.77 bits per heavy atom. The lowest BCUT2D eigenvalue weighted by Crippen LogP contribution is -1.94. The number of hydrogen-bond acceptors (Lipinski definition) is 2. The highest BCUT2D eigenvalue weighted by Gasteiger charge is 2.01. The molecule has 0 saturated carbocycles. The van der Waals surface area contributed by atoms with Crippen LogP contribution in [-0.2, 0) is 17.8 Å². The molecule has 0 aliphatic carbocycles. The summed E-state index contributed by atoms with van der Waals surface area (Å²) in [5.74, 6) is 0. The highest BCUT2D eigenvalue weighted by atomic mass is 79.9. The van der Waals surface area contributed by atoms with E-state index in [1.807, 2.05) is 18.2 Å². The first-order valence-corrected chi connectivity index (χ1v) is 4.89. The van der Waals surface area contributed by atoms with Gasteiger partial charge in [0, 0.05) is 10.9 Å². The fourth-order valence-corrected chi connectivity index (χ4v) is 1.61. The van der Waals surface area contributed by atoms with E-state index in [0.29, 0.717) is 12.8 Å².